The fraction of sp³-hybridized carbons (Fsp3) is 0.636. The molecule has 0 saturated heterocycles. The maximum Gasteiger partial charge on any atom is 0.317 e. The van der Waals surface area contributed by atoms with Crippen LogP contribution in [0.25, 0.3) is 0 Å². The Labute approximate surface area is 96.1 Å². The molecule has 0 bridgehead atoms. The number of hydrogen-bond acceptors (Lipinski definition) is 2. The Balaban J connectivity index is 3.57. The van der Waals surface area contributed by atoms with Gasteiger partial charge in [0.15, 0.2) is 0 Å². The minimum atomic E-state index is -0.800. The van der Waals surface area contributed by atoms with E-state index in [2.05, 4.69) is 11.9 Å². The molecule has 0 heterocycles. The van der Waals surface area contributed by atoms with Crippen LogP contribution in [0.1, 0.15) is 26.2 Å². The van der Waals surface area contributed by atoms with Crippen LogP contribution in [0.3, 0.4) is 0 Å². The number of amides is 2. The van der Waals surface area contributed by atoms with Crippen molar-refractivity contribution in [1.82, 2.24) is 10.2 Å². The van der Waals surface area contributed by atoms with Crippen LogP contribution in [0.4, 0.5) is 4.79 Å². The summed E-state index contributed by atoms with van der Waals surface area (Å²) >= 11 is 0. The number of likely N-dealkylation sites (N-methyl/N-ethyl adjacent to an activating group) is 1. The van der Waals surface area contributed by atoms with Crippen molar-refractivity contribution >= 4 is 12.0 Å². The third kappa shape index (κ3) is 7.84. The van der Waals surface area contributed by atoms with Gasteiger partial charge in [0.25, 0.3) is 0 Å². The SMILES string of the molecule is C=C(C)CN(C)C(=O)NCCCCC(=O)O. The summed E-state index contributed by atoms with van der Waals surface area (Å²) < 4.78 is 0. The molecule has 0 spiro atoms. The normalized spacial score (nSPS) is 9.62. The van der Waals surface area contributed by atoms with Gasteiger partial charge in [-0.05, 0) is 19.8 Å². The average Bonchev–Trinajstić information content (AvgIpc) is 2.15. The molecular formula is C11H20N2O3. The summed E-state index contributed by atoms with van der Waals surface area (Å²) in [6.45, 7) is 6.61. The molecule has 0 radical (unpaired) electrons. The van der Waals surface area contributed by atoms with Gasteiger partial charge in [-0.1, -0.05) is 12.2 Å². The number of unbranched alkanes of at least 4 members (excludes halogenated alkanes) is 1. The molecule has 2 N–H and O–H groups in total. The number of carboxylic acids is 1. The summed E-state index contributed by atoms with van der Waals surface area (Å²) in [7, 11) is 1.70. The van der Waals surface area contributed by atoms with Gasteiger partial charge in [0.05, 0.1) is 0 Å². The van der Waals surface area contributed by atoms with E-state index in [0.717, 1.165) is 5.57 Å². The lowest BCUT2D eigenvalue weighted by Gasteiger charge is -2.17. The van der Waals surface area contributed by atoms with E-state index in [1.54, 1.807) is 11.9 Å². The Hall–Kier alpha value is -1.52. The molecule has 0 aromatic carbocycles. The Kier molecular flexibility index (Phi) is 7.00. The molecule has 92 valence electrons. The Morgan fingerprint density at radius 2 is 2.00 bits per heavy atom. The minimum absolute atomic E-state index is 0.150. The maximum atomic E-state index is 11.4. The van der Waals surface area contributed by atoms with Gasteiger partial charge < -0.3 is 15.3 Å². The van der Waals surface area contributed by atoms with E-state index in [4.69, 9.17) is 5.11 Å². The van der Waals surface area contributed by atoms with Gasteiger partial charge in [0, 0.05) is 26.6 Å². The van der Waals surface area contributed by atoms with E-state index < -0.39 is 5.97 Å². The maximum absolute atomic E-state index is 11.4. The Morgan fingerprint density at radius 1 is 1.38 bits per heavy atom. The van der Waals surface area contributed by atoms with E-state index in [1.165, 1.54) is 0 Å². The minimum Gasteiger partial charge on any atom is -0.481 e. The van der Waals surface area contributed by atoms with Crippen LogP contribution >= 0.6 is 0 Å². The van der Waals surface area contributed by atoms with Gasteiger partial charge in [0.2, 0.25) is 0 Å². The smallest absolute Gasteiger partial charge is 0.317 e. The summed E-state index contributed by atoms with van der Waals surface area (Å²) in [5, 5.41) is 11.1. The van der Waals surface area contributed by atoms with Gasteiger partial charge in [-0.15, -0.1) is 0 Å². The van der Waals surface area contributed by atoms with Crippen LogP contribution in [0.15, 0.2) is 12.2 Å². The van der Waals surface area contributed by atoms with Crippen LogP contribution in [-0.2, 0) is 4.79 Å². The third-order valence-corrected chi connectivity index (χ3v) is 1.95. The summed E-state index contributed by atoms with van der Waals surface area (Å²) in [5.41, 5.74) is 0.920. The van der Waals surface area contributed by atoms with Crippen molar-refractivity contribution in [3.8, 4) is 0 Å². The first kappa shape index (κ1) is 14.5. The number of aliphatic carboxylic acids is 1. The van der Waals surface area contributed by atoms with Crippen molar-refractivity contribution in [2.75, 3.05) is 20.1 Å². The van der Waals surface area contributed by atoms with Gasteiger partial charge in [0.1, 0.15) is 0 Å². The molecule has 0 aromatic rings. The van der Waals surface area contributed by atoms with Gasteiger partial charge >= 0.3 is 12.0 Å². The molecule has 0 aliphatic carbocycles. The second-order valence-corrected chi connectivity index (χ2v) is 3.90. The van der Waals surface area contributed by atoms with Crippen LogP contribution in [-0.4, -0.2) is 42.1 Å². The van der Waals surface area contributed by atoms with E-state index in [0.29, 0.717) is 25.9 Å². The van der Waals surface area contributed by atoms with E-state index in [1.807, 2.05) is 6.92 Å². The highest BCUT2D eigenvalue weighted by atomic mass is 16.4. The number of carbonyl (C=O) groups excluding carboxylic acids is 1. The van der Waals surface area contributed by atoms with Crippen LogP contribution in [0.2, 0.25) is 0 Å². The lowest BCUT2D eigenvalue weighted by molar-refractivity contribution is -0.137. The van der Waals surface area contributed by atoms with Crippen molar-refractivity contribution in [1.29, 1.82) is 0 Å². The van der Waals surface area contributed by atoms with Gasteiger partial charge in [-0.25, -0.2) is 4.79 Å². The number of rotatable bonds is 7. The number of carbonyl (C=O) groups is 2. The molecule has 0 aliphatic heterocycles. The average molecular weight is 228 g/mol. The fourth-order valence-corrected chi connectivity index (χ4v) is 1.21. The zero-order chi connectivity index (χ0) is 12.6. The number of hydrogen-bond donors (Lipinski definition) is 2. The van der Waals surface area contributed by atoms with Gasteiger partial charge in [-0.3, -0.25) is 4.79 Å². The highest BCUT2D eigenvalue weighted by molar-refractivity contribution is 5.74. The summed E-state index contributed by atoms with van der Waals surface area (Å²) in [6, 6.07) is -0.154. The molecule has 0 rings (SSSR count). The monoisotopic (exact) mass is 228 g/mol. The predicted octanol–water partition coefficient (Wildman–Crippen LogP) is 1.46. The topological polar surface area (TPSA) is 69.6 Å². The fourth-order valence-electron chi connectivity index (χ4n) is 1.21. The summed E-state index contributed by atoms with van der Waals surface area (Å²) in [4.78, 5) is 23.2. The Bertz CT molecular complexity index is 264. The van der Waals surface area contributed by atoms with E-state index in [9.17, 15) is 9.59 Å². The number of nitrogens with one attached hydrogen (secondary N) is 1. The van der Waals surface area contributed by atoms with Crippen molar-refractivity contribution in [2.24, 2.45) is 0 Å². The molecule has 5 nitrogen and oxygen atoms in total. The third-order valence-electron chi connectivity index (χ3n) is 1.95. The molecule has 0 aromatic heterocycles. The lowest BCUT2D eigenvalue weighted by atomic mass is 10.2. The van der Waals surface area contributed by atoms with Crippen molar-refractivity contribution < 1.29 is 14.7 Å². The largest absolute Gasteiger partial charge is 0.481 e. The van der Waals surface area contributed by atoms with Crippen LogP contribution in [0, 0.1) is 0 Å². The van der Waals surface area contributed by atoms with E-state index in [-0.39, 0.29) is 12.5 Å². The Morgan fingerprint density at radius 3 is 2.50 bits per heavy atom. The predicted molar refractivity (Wildman–Crippen MR) is 62.3 cm³/mol. The zero-order valence-corrected chi connectivity index (χ0v) is 9.95. The van der Waals surface area contributed by atoms with Gasteiger partial charge in [-0.2, -0.15) is 0 Å². The molecular weight excluding hydrogens is 208 g/mol. The standard InChI is InChI=1S/C11H20N2O3/c1-9(2)8-13(3)11(16)12-7-5-4-6-10(14)15/h1,4-8H2,2-3H3,(H,12,16)(H,14,15). The van der Waals surface area contributed by atoms with Crippen molar-refractivity contribution in [2.45, 2.75) is 26.2 Å². The number of carboxylic acid groups (broad SMARTS) is 1. The lowest BCUT2D eigenvalue weighted by Crippen LogP contribution is -2.38. The first-order valence-corrected chi connectivity index (χ1v) is 5.28. The molecule has 0 atom stereocenters. The second-order valence-electron chi connectivity index (χ2n) is 3.90. The number of urea groups is 1. The molecule has 0 saturated carbocycles. The van der Waals surface area contributed by atoms with E-state index >= 15 is 0 Å². The molecule has 0 unspecified atom stereocenters. The quantitative estimate of drug-likeness (QED) is 0.512. The molecule has 5 heteroatoms. The number of nitrogens with zero attached hydrogens (tertiary/aromatic N) is 1. The zero-order valence-electron chi connectivity index (χ0n) is 9.95. The van der Waals surface area contributed by atoms with Crippen LogP contribution in [0.5, 0.6) is 0 Å². The first-order valence-electron chi connectivity index (χ1n) is 5.28. The van der Waals surface area contributed by atoms with Crippen molar-refractivity contribution in [3.05, 3.63) is 12.2 Å². The molecule has 2 amide bonds. The summed E-state index contributed by atoms with van der Waals surface area (Å²) in [5.74, 6) is -0.800. The van der Waals surface area contributed by atoms with Crippen molar-refractivity contribution in [3.63, 3.8) is 0 Å². The first-order chi connectivity index (χ1) is 7.43. The molecule has 0 aliphatic rings. The van der Waals surface area contributed by atoms with Crippen LogP contribution < -0.4 is 5.32 Å². The summed E-state index contributed by atoms with van der Waals surface area (Å²) in [6.07, 6.45) is 1.41. The molecule has 0 fully saturated rings. The highest BCUT2D eigenvalue weighted by Gasteiger charge is 2.06. The highest BCUT2D eigenvalue weighted by Crippen LogP contribution is 1.95. The molecule has 16 heavy (non-hydrogen) atoms. The second kappa shape index (κ2) is 7.73.